The highest BCUT2D eigenvalue weighted by atomic mass is 35.5. The summed E-state index contributed by atoms with van der Waals surface area (Å²) in [5.74, 6) is -0.273. The van der Waals surface area contributed by atoms with Crippen LogP contribution in [0.4, 0.5) is 21.9 Å². The number of likely N-dealkylation sites (N-methyl/N-ethyl adjacent to an activating group) is 1. The van der Waals surface area contributed by atoms with E-state index in [9.17, 15) is 9.59 Å². The molecule has 0 atom stereocenters. The van der Waals surface area contributed by atoms with Crippen LogP contribution < -0.4 is 15.6 Å². The summed E-state index contributed by atoms with van der Waals surface area (Å²) in [6, 6.07) is 6.87. The van der Waals surface area contributed by atoms with Gasteiger partial charge in [-0.2, -0.15) is 0 Å². The number of carbonyl (C=O) groups is 2. The van der Waals surface area contributed by atoms with Crippen LogP contribution in [0.3, 0.4) is 0 Å². The molecule has 1 aromatic heterocycles. The zero-order valence-electron chi connectivity index (χ0n) is 14.2. The van der Waals surface area contributed by atoms with Gasteiger partial charge >= 0.3 is 6.03 Å². The molecule has 9 heteroatoms. The molecule has 136 valence electrons. The molecule has 2 N–H and O–H groups in total. The molecule has 26 heavy (non-hydrogen) atoms. The molecule has 1 saturated heterocycles. The van der Waals surface area contributed by atoms with E-state index in [1.54, 1.807) is 17.5 Å². The third-order valence-electron chi connectivity index (χ3n) is 4.54. The van der Waals surface area contributed by atoms with E-state index in [4.69, 9.17) is 11.6 Å². The smallest absolute Gasteiger partial charge is 0.320 e. The van der Waals surface area contributed by atoms with Crippen LogP contribution in [0, 0.1) is 0 Å². The van der Waals surface area contributed by atoms with Crippen LogP contribution in [-0.2, 0) is 0 Å². The van der Waals surface area contributed by atoms with Gasteiger partial charge in [0.1, 0.15) is 4.34 Å². The highest BCUT2D eigenvalue weighted by molar-refractivity contribution is 7.15. The van der Waals surface area contributed by atoms with Gasteiger partial charge in [-0.05, 0) is 19.2 Å². The zero-order valence-corrected chi connectivity index (χ0v) is 15.7. The van der Waals surface area contributed by atoms with Gasteiger partial charge in [-0.3, -0.25) is 15.1 Å². The number of carbonyl (C=O) groups excluding carboxylic acids is 2. The van der Waals surface area contributed by atoms with Crippen molar-refractivity contribution in [3.8, 4) is 0 Å². The Morgan fingerprint density at radius 2 is 1.96 bits per heavy atom. The van der Waals surface area contributed by atoms with Crippen LogP contribution in [0.25, 0.3) is 0 Å². The number of nitrogens with one attached hydrogen (secondary N) is 2. The molecule has 0 saturated carbocycles. The SMILES string of the molecule is CN1CCN(NC(=O)N2c3ccccc3NC(=O)c3csc(Cl)c32)CC1. The molecule has 0 spiro atoms. The van der Waals surface area contributed by atoms with Crippen LogP contribution >= 0.6 is 22.9 Å². The fourth-order valence-electron chi connectivity index (χ4n) is 3.10. The summed E-state index contributed by atoms with van der Waals surface area (Å²) in [5, 5.41) is 6.42. The van der Waals surface area contributed by atoms with E-state index in [1.165, 1.54) is 16.2 Å². The van der Waals surface area contributed by atoms with Gasteiger partial charge in [-0.1, -0.05) is 23.7 Å². The van der Waals surface area contributed by atoms with Crippen LogP contribution in [-0.4, -0.2) is 55.1 Å². The minimum absolute atomic E-state index is 0.273. The molecule has 0 unspecified atom stereocenters. The first kappa shape index (κ1) is 17.3. The van der Waals surface area contributed by atoms with Crippen LogP contribution in [0.2, 0.25) is 4.34 Å². The number of piperazine rings is 1. The first-order chi connectivity index (χ1) is 12.5. The second kappa shape index (κ2) is 6.88. The minimum atomic E-state index is -0.333. The largest absolute Gasteiger partial charge is 0.341 e. The maximum absolute atomic E-state index is 13.1. The fourth-order valence-corrected chi connectivity index (χ4v) is 4.17. The molecule has 0 aliphatic carbocycles. The van der Waals surface area contributed by atoms with E-state index in [0.29, 0.717) is 27.0 Å². The summed E-state index contributed by atoms with van der Waals surface area (Å²) in [6.45, 7) is 3.22. The molecular formula is C17H18ClN5O2S. The van der Waals surface area contributed by atoms with Crippen molar-refractivity contribution in [3.63, 3.8) is 0 Å². The normalized spacial score (nSPS) is 17.9. The molecule has 2 aliphatic rings. The lowest BCUT2D eigenvalue weighted by Gasteiger charge is -2.34. The number of amides is 3. The Bertz CT molecular complexity index is 863. The number of halogens is 1. The molecule has 2 aromatic rings. The quantitative estimate of drug-likeness (QED) is 0.784. The van der Waals surface area contributed by atoms with Gasteiger partial charge in [0.05, 0.1) is 22.6 Å². The Balaban J connectivity index is 1.72. The van der Waals surface area contributed by atoms with E-state index in [1.807, 2.05) is 17.1 Å². The van der Waals surface area contributed by atoms with Crippen LogP contribution in [0.15, 0.2) is 29.6 Å². The number of anilines is 3. The van der Waals surface area contributed by atoms with Gasteiger partial charge in [0.2, 0.25) is 0 Å². The van der Waals surface area contributed by atoms with E-state index >= 15 is 0 Å². The third-order valence-corrected chi connectivity index (χ3v) is 5.74. The van der Waals surface area contributed by atoms with E-state index in [0.717, 1.165) is 26.2 Å². The van der Waals surface area contributed by atoms with Crippen molar-refractivity contribution in [3.05, 3.63) is 39.5 Å². The van der Waals surface area contributed by atoms with Crippen LogP contribution in [0.5, 0.6) is 0 Å². The predicted octanol–water partition coefficient (Wildman–Crippen LogP) is 2.98. The Morgan fingerprint density at radius 1 is 1.23 bits per heavy atom. The summed E-state index contributed by atoms with van der Waals surface area (Å²) >= 11 is 7.60. The summed E-state index contributed by atoms with van der Waals surface area (Å²) in [4.78, 5) is 29.4. The number of nitrogens with zero attached hydrogens (tertiary/aromatic N) is 3. The number of hydrogen-bond acceptors (Lipinski definition) is 5. The Hall–Kier alpha value is -2.13. The highest BCUT2D eigenvalue weighted by Crippen LogP contribution is 2.44. The zero-order chi connectivity index (χ0) is 18.3. The molecule has 2 aliphatic heterocycles. The van der Waals surface area contributed by atoms with Crippen molar-refractivity contribution in [2.45, 2.75) is 0 Å². The molecule has 0 bridgehead atoms. The number of para-hydroxylation sites is 2. The van der Waals surface area contributed by atoms with Crippen molar-refractivity contribution in [1.29, 1.82) is 0 Å². The van der Waals surface area contributed by atoms with Crippen molar-refractivity contribution in [1.82, 2.24) is 15.3 Å². The van der Waals surface area contributed by atoms with E-state index in [-0.39, 0.29) is 11.9 Å². The maximum Gasteiger partial charge on any atom is 0.341 e. The first-order valence-electron chi connectivity index (χ1n) is 8.26. The molecule has 7 nitrogen and oxygen atoms in total. The number of benzene rings is 1. The van der Waals surface area contributed by atoms with E-state index in [2.05, 4.69) is 22.7 Å². The number of hydrazine groups is 1. The molecule has 4 rings (SSSR count). The Kier molecular flexibility index (Phi) is 4.58. The molecule has 3 amide bonds. The second-order valence-corrected chi connectivity index (χ2v) is 7.77. The van der Waals surface area contributed by atoms with Gasteiger partial charge < -0.3 is 10.2 Å². The number of fused-ring (bicyclic) bond motifs is 2. The number of rotatable bonds is 1. The second-order valence-electron chi connectivity index (χ2n) is 6.29. The highest BCUT2D eigenvalue weighted by Gasteiger charge is 2.33. The summed E-state index contributed by atoms with van der Waals surface area (Å²) in [7, 11) is 2.05. The van der Waals surface area contributed by atoms with Gasteiger partial charge in [0, 0.05) is 31.6 Å². The monoisotopic (exact) mass is 391 g/mol. The Morgan fingerprint density at radius 3 is 2.73 bits per heavy atom. The third kappa shape index (κ3) is 3.05. The predicted molar refractivity (Wildman–Crippen MR) is 103 cm³/mol. The van der Waals surface area contributed by atoms with Gasteiger partial charge in [0.15, 0.2) is 0 Å². The lowest BCUT2D eigenvalue weighted by Crippen LogP contribution is -2.55. The minimum Gasteiger partial charge on any atom is -0.320 e. The molecule has 1 aromatic carbocycles. The lowest BCUT2D eigenvalue weighted by molar-refractivity contribution is 0.102. The molecule has 0 radical (unpaired) electrons. The van der Waals surface area contributed by atoms with E-state index < -0.39 is 0 Å². The molecular weight excluding hydrogens is 374 g/mol. The maximum atomic E-state index is 13.1. The number of thiophene rings is 1. The van der Waals surface area contributed by atoms with Gasteiger partial charge in [0.25, 0.3) is 5.91 Å². The van der Waals surface area contributed by atoms with Crippen molar-refractivity contribution >= 4 is 51.9 Å². The standard InChI is InChI=1S/C17H18ClN5O2S/c1-21-6-8-22(9-7-21)20-17(25)23-13-5-3-2-4-12(13)19-16(24)11-10-26-15(18)14(11)23/h2-5,10H,6-9H2,1H3,(H,19,24)(H,20,25). The molecule has 1 fully saturated rings. The number of hydrogen-bond donors (Lipinski definition) is 2. The average Bonchev–Trinajstić information content (AvgIpc) is 2.94. The Labute approximate surface area is 160 Å². The molecule has 3 heterocycles. The van der Waals surface area contributed by atoms with Gasteiger partial charge in [-0.15, -0.1) is 11.3 Å². The average molecular weight is 392 g/mol. The summed E-state index contributed by atoms with van der Waals surface area (Å²) < 4.78 is 0.403. The van der Waals surface area contributed by atoms with Gasteiger partial charge in [-0.25, -0.2) is 9.80 Å². The first-order valence-corrected chi connectivity index (χ1v) is 9.52. The lowest BCUT2D eigenvalue weighted by atomic mass is 10.2. The van der Waals surface area contributed by atoms with Crippen LogP contribution in [0.1, 0.15) is 10.4 Å². The van der Waals surface area contributed by atoms with Crippen molar-refractivity contribution < 1.29 is 9.59 Å². The number of urea groups is 1. The van der Waals surface area contributed by atoms with Crippen molar-refractivity contribution in [2.75, 3.05) is 43.4 Å². The topological polar surface area (TPSA) is 67.9 Å². The fraction of sp³-hybridized carbons (Fsp3) is 0.294. The van der Waals surface area contributed by atoms with Crippen molar-refractivity contribution in [2.24, 2.45) is 0 Å². The summed E-state index contributed by atoms with van der Waals surface area (Å²) in [5.41, 5.74) is 4.93. The summed E-state index contributed by atoms with van der Waals surface area (Å²) in [6.07, 6.45) is 0.